The van der Waals surface area contributed by atoms with Gasteiger partial charge in [0.25, 0.3) is 0 Å². The standard InChI is InChI=1S/C8H13N3O/c1-6-10-8(12-11-6)7-4-2-3-5-9-7/h7,9H,2-5H2,1H3/t7-/m1/s1. The molecule has 1 aromatic heterocycles. The van der Waals surface area contributed by atoms with Gasteiger partial charge in [0, 0.05) is 0 Å². The van der Waals surface area contributed by atoms with E-state index in [-0.39, 0.29) is 0 Å². The van der Waals surface area contributed by atoms with E-state index < -0.39 is 0 Å². The lowest BCUT2D eigenvalue weighted by Gasteiger charge is -2.19. The number of hydrogen-bond acceptors (Lipinski definition) is 4. The lowest BCUT2D eigenvalue weighted by atomic mass is 10.1. The fraction of sp³-hybridized carbons (Fsp3) is 0.750. The molecule has 1 fully saturated rings. The van der Waals surface area contributed by atoms with Gasteiger partial charge < -0.3 is 9.84 Å². The predicted molar refractivity (Wildman–Crippen MR) is 43.6 cm³/mol. The Morgan fingerprint density at radius 3 is 3.00 bits per heavy atom. The summed E-state index contributed by atoms with van der Waals surface area (Å²) in [5.41, 5.74) is 0. The zero-order valence-electron chi connectivity index (χ0n) is 7.21. The van der Waals surface area contributed by atoms with E-state index in [4.69, 9.17) is 4.52 Å². The van der Waals surface area contributed by atoms with Gasteiger partial charge in [-0.25, -0.2) is 0 Å². The molecule has 0 amide bonds. The van der Waals surface area contributed by atoms with Gasteiger partial charge in [0.15, 0.2) is 5.82 Å². The summed E-state index contributed by atoms with van der Waals surface area (Å²) in [6.45, 7) is 2.90. The molecule has 0 spiro atoms. The van der Waals surface area contributed by atoms with Gasteiger partial charge in [-0.1, -0.05) is 11.6 Å². The summed E-state index contributed by atoms with van der Waals surface area (Å²) in [4.78, 5) is 4.19. The second-order valence-electron chi connectivity index (χ2n) is 3.18. The van der Waals surface area contributed by atoms with Crippen molar-refractivity contribution in [2.75, 3.05) is 6.54 Å². The first-order valence-corrected chi connectivity index (χ1v) is 4.40. The first kappa shape index (κ1) is 7.73. The number of aromatic nitrogens is 2. The Morgan fingerprint density at radius 1 is 1.50 bits per heavy atom. The van der Waals surface area contributed by atoms with Crippen LogP contribution in [0.15, 0.2) is 4.52 Å². The van der Waals surface area contributed by atoms with Crippen LogP contribution in [0.25, 0.3) is 0 Å². The molecule has 1 saturated heterocycles. The van der Waals surface area contributed by atoms with Crippen molar-refractivity contribution >= 4 is 0 Å². The molecule has 0 aliphatic carbocycles. The molecule has 4 nitrogen and oxygen atoms in total. The van der Waals surface area contributed by atoms with Crippen LogP contribution < -0.4 is 5.32 Å². The third-order valence-electron chi connectivity index (χ3n) is 2.15. The molecular formula is C8H13N3O. The maximum atomic E-state index is 5.08. The van der Waals surface area contributed by atoms with E-state index in [2.05, 4.69) is 15.5 Å². The van der Waals surface area contributed by atoms with Gasteiger partial charge in [-0.2, -0.15) is 4.98 Å². The third-order valence-corrected chi connectivity index (χ3v) is 2.15. The maximum absolute atomic E-state index is 5.08. The minimum Gasteiger partial charge on any atom is -0.338 e. The van der Waals surface area contributed by atoms with Crippen LogP contribution in [0.1, 0.15) is 37.0 Å². The second kappa shape index (κ2) is 3.23. The minimum absolute atomic E-state index is 0.292. The molecule has 0 bridgehead atoms. The van der Waals surface area contributed by atoms with Gasteiger partial charge in [-0.05, 0) is 26.3 Å². The number of rotatable bonds is 1. The average molecular weight is 167 g/mol. The summed E-state index contributed by atoms with van der Waals surface area (Å²) in [6, 6.07) is 0.292. The van der Waals surface area contributed by atoms with Crippen molar-refractivity contribution < 1.29 is 4.52 Å². The van der Waals surface area contributed by atoms with Crippen LogP contribution in [0.3, 0.4) is 0 Å². The van der Waals surface area contributed by atoms with E-state index in [1.807, 2.05) is 6.92 Å². The fourth-order valence-electron chi connectivity index (χ4n) is 1.52. The van der Waals surface area contributed by atoms with Crippen LogP contribution in [0, 0.1) is 6.92 Å². The molecule has 0 radical (unpaired) electrons. The summed E-state index contributed by atoms with van der Waals surface area (Å²) in [5, 5.41) is 7.12. The number of aryl methyl sites for hydroxylation is 1. The van der Waals surface area contributed by atoms with Crippen molar-refractivity contribution in [3.63, 3.8) is 0 Å². The fourth-order valence-corrected chi connectivity index (χ4v) is 1.52. The third kappa shape index (κ3) is 1.48. The molecule has 2 heterocycles. The van der Waals surface area contributed by atoms with Gasteiger partial charge in [0.1, 0.15) is 0 Å². The Bertz CT molecular complexity index is 253. The van der Waals surface area contributed by atoms with Crippen LogP contribution in [0.5, 0.6) is 0 Å². The Balaban J connectivity index is 2.08. The minimum atomic E-state index is 0.292. The summed E-state index contributed by atoms with van der Waals surface area (Å²) in [7, 11) is 0. The lowest BCUT2D eigenvalue weighted by Crippen LogP contribution is -2.26. The molecule has 1 aromatic rings. The number of nitrogens with zero attached hydrogens (tertiary/aromatic N) is 2. The van der Waals surface area contributed by atoms with Crippen molar-refractivity contribution in [2.45, 2.75) is 32.2 Å². The highest BCUT2D eigenvalue weighted by Crippen LogP contribution is 2.20. The van der Waals surface area contributed by atoms with Gasteiger partial charge >= 0.3 is 0 Å². The van der Waals surface area contributed by atoms with Crippen molar-refractivity contribution in [3.8, 4) is 0 Å². The SMILES string of the molecule is Cc1noc([C@H]2CCCCN2)n1. The molecule has 12 heavy (non-hydrogen) atoms. The molecule has 0 aromatic carbocycles. The highest BCUT2D eigenvalue weighted by atomic mass is 16.5. The van der Waals surface area contributed by atoms with Crippen molar-refractivity contribution in [1.82, 2.24) is 15.5 Å². The Hall–Kier alpha value is -0.900. The largest absolute Gasteiger partial charge is 0.338 e. The van der Waals surface area contributed by atoms with Crippen LogP contribution in [0.4, 0.5) is 0 Å². The first-order chi connectivity index (χ1) is 5.86. The van der Waals surface area contributed by atoms with Crippen molar-refractivity contribution in [3.05, 3.63) is 11.7 Å². The van der Waals surface area contributed by atoms with Crippen LogP contribution >= 0.6 is 0 Å². The molecule has 0 unspecified atom stereocenters. The molecule has 2 rings (SSSR count). The summed E-state index contributed by atoms with van der Waals surface area (Å²) in [6.07, 6.45) is 3.62. The van der Waals surface area contributed by atoms with Crippen molar-refractivity contribution in [2.24, 2.45) is 0 Å². The normalized spacial score (nSPS) is 24.2. The van der Waals surface area contributed by atoms with Gasteiger partial charge in [-0.3, -0.25) is 0 Å². The molecule has 4 heteroatoms. The molecule has 1 atom stereocenters. The molecule has 1 aliphatic heterocycles. The predicted octanol–water partition coefficient (Wildman–Crippen LogP) is 1.19. The number of nitrogens with one attached hydrogen (secondary N) is 1. The molecule has 0 saturated carbocycles. The Kier molecular flexibility index (Phi) is 2.08. The van der Waals surface area contributed by atoms with E-state index in [1.165, 1.54) is 12.8 Å². The summed E-state index contributed by atoms with van der Waals surface area (Å²) >= 11 is 0. The van der Waals surface area contributed by atoms with E-state index in [9.17, 15) is 0 Å². The average Bonchev–Trinajstić information content (AvgIpc) is 2.54. The molecule has 1 N–H and O–H groups in total. The van der Waals surface area contributed by atoms with E-state index in [1.54, 1.807) is 0 Å². The van der Waals surface area contributed by atoms with E-state index in [0.717, 1.165) is 24.7 Å². The molecule has 1 aliphatic rings. The van der Waals surface area contributed by atoms with Crippen LogP contribution in [0.2, 0.25) is 0 Å². The molecule has 66 valence electrons. The highest BCUT2D eigenvalue weighted by molar-refractivity contribution is 4.92. The monoisotopic (exact) mass is 167 g/mol. The van der Waals surface area contributed by atoms with Crippen molar-refractivity contribution in [1.29, 1.82) is 0 Å². The van der Waals surface area contributed by atoms with Gasteiger partial charge in [0.2, 0.25) is 5.89 Å². The maximum Gasteiger partial charge on any atom is 0.243 e. The van der Waals surface area contributed by atoms with E-state index in [0.29, 0.717) is 6.04 Å². The van der Waals surface area contributed by atoms with Gasteiger partial charge in [-0.15, -0.1) is 0 Å². The topological polar surface area (TPSA) is 51.0 Å². The first-order valence-electron chi connectivity index (χ1n) is 4.40. The van der Waals surface area contributed by atoms with Crippen LogP contribution in [-0.2, 0) is 0 Å². The Labute approximate surface area is 71.4 Å². The summed E-state index contributed by atoms with van der Waals surface area (Å²) in [5.74, 6) is 1.46. The Morgan fingerprint density at radius 2 is 2.42 bits per heavy atom. The summed E-state index contributed by atoms with van der Waals surface area (Å²) < 4.78 is 5.08. The molecular weight excluding hydrogens is 154 g/mol. The zero-order valence-corrected chi connectivity index (χ0v) is 7.21. The highest BCUT2D eigenvalue weighted by Gasteiger charge is 2.19. The number of piperidine rings is 1. The quantitative estimate of drug-likeness (QED) is 0.682. The second-order valence-corrected chi connectivity index (χ2v) is 3.18. The van der Waals surface area contributed by atoms with Crippen LogP contribution in [-0.4, -0.2) is 16.7 Å². The van der Waals surface area contributed by atoms with E-state index >= 15 is 0 Å². The lowest BCUT2D eigenvalue weighted by molar-refractivity contribution is 0.296. The van der Waals surface area contributed by atoms with Gasteiger partial charge in [0.05, 0.1) is 6.04 Å². The number of hydrogen-bond donors (Lipinski definition) is 1. The zero-order chi connectivity index (χ0) is 8.39. The smallest absolute Gasteiger partial charge is 0.243 e.